The van der Waals surface area contributed by atoms with Gasteiger partial charge in [0, 0.05) is 25.9 Å². The van der Waals surface area contributed by atoms with Gasteiger partial charge in [0.1, 0.15) is 18.1 Å². The van der Waals surface area contributed by atoms with Crippen LogP contribution in [0, 0.1) is 5.92 Å². The van der Waals surface area contributed by atoms with Crippen molar-refractivity contribution in [3.8, 4) is 0 Å². The molecule has 0 saturated heterocycles. The van der Waals surface area contributed by atoms with Crippen LogP contribution in [0.4, 0.5) is 0 Å². The highest BCUT2D eigenvalue weighted by atomic mass is 16.4. The number of carboxylic acid groups (broad SMARTS) is 1. The van der Waals surface area contributed by atoms with E-state index >= 15 is 0 Å². The van der Waals surface area contributed by atoms with Crippen molar-refractivity contribution in [2.45, 2.75) is 64.7 Å². The summed E-state index contributed by atoms with van der Waals surface area (Å²) < 4.78 is 0. The monoisotopic (exact) mass is 432 g/mol. The van der Waals surface area contributed by atoms with Gasteiger partial charge in [-0.25, -0.2) is 4.79 Å². The minimum absolute atomic E-state index is 0.122. The van der Waals surface area contributed by atoms with E-state index in [1.165, 1.54) is 11.8 Å². The topological polar surface area (TPSA) is 142 Å². The van der Waals surface area contributed by atoms with E-state index in [2.05, 4.69) is 10.6 Å². The smallest absolute Gasteiger partial charge is 0.326 e. The van der Waals surface area contributed by atoms with Gasteiger partial charge >= 0.3 is 5.97 Å². The number of nitrogens with zero attached hydrogens (tertiary/aromatic N) is 1. The molecule has 9 nitrogen and oxygen atoms in total. The normalized spacial score (nSPS) is 18.3. The summed E-state index contributed by atoms with van der Waals surface area (Å²) in [5.41, 5.74) is 7.47. The zero-order valence-electron chi connectivity index (χ0n) is 18.3. The second kappa shape index (κ2) is 10.9. The van der Waals surface area contributed by atoms with Crippen LogP contribution in [0.25, 0.3) is 0 Å². The quantitative estimate of drug-likeness (QED) is 0.445. The lowest BCUT2D eigenvalue weighted by Gasteiger charge is -2.36. The zero-order valence-corrected chi connectivity index (χ0v) is 18.3. The van der Waals surface area contributed by atoms with Gasteiger partial charge < -0.3 is 26.4 Å². The molecule has 0 aliphatic carbocycles. The van der Waals surface area contributed by atoms with Gasteiger partial charge in [-0.05, 0) is 24.0 Å². The zero-order chi connectivity index (χ0) is 23.1. The molecule has 170 valence electrons. The molecule has 2 rings (SSSR count). The van der Waals surface area contributed by atoms with Crippen LogP contribution in [0.3, 0.4) is 0 Å². The highest BCUT2D eigenvalue weighted by Gasteiger charge is 2.35. The van der Waals surface area contributed by atoms with Gasteiger partial charge in [0.05, 0.1) is 0 Å². The van der Waals surface area contributed by atoms with E-state index in [-0.39, 0.29) is 24.8 Å². The molecule has 4 atom stereocenters. The minimum atomic E-state index is -1.12. The molecule has 1 heterocycles. The molecule has 0 fully saturated rings. The molecule has 1 aromatic carbocycles. The number of benzene rings is 1. The Morgan fingerprint density at radius 3 is 2.39 bits per heavy atom. The van der Waals surface area contributed by atoms with Crippen LogP contribution < -0.4 is 16.4 Å². The number of hydrogen-bond donors (Lipinski definition) is 4. The number of carboxylic acids is 1. The number of amides is 3. The lowest BCUT2D eigenvalue weighted by atomic mass is 9.93. The van der Waals surface area contributed by atoms with Crippen LogP contribution in [0.2, 0.25) is 0 Å². The van der Waals surface area contributed by atoms with E-state index < -0.39 is 35.9 Å². The van der Waals surface area contributed by atoms with Crippen molar-refractivity contribution < 1.29 is 24.3 Å². The van der Waals surface area contributed by atoms with Gasteiger partial charge in [0.2, 0.25) is 17.7 Å². The Hall–Kier alpha value is -2.94. The SMILES string of the molecule is CC[C@H](C)[C@H](NC(=O)[C@H](C)NC(=O)[C@@H]1Cc2ccccc2CN1C(=O)CCN)C(=O)O. The Morgan fingerprint density at radius 2 is 1.81 bits per heavy atom. The third-order valence-electron chi connectivity index (χ3n) is 5.76. The average Bonchev–Trinajstić information content (AvgIpc) is 2.75. The van der Waals surface area contributed by atoms with Crippen molar-refractivity contribution >= 4 is 23.7 Å². The first-order valence-electron chi connectivity index (χ1n) is 10.6. The van der Waals surface area contributed by atoms with E-state index in [0.717, 1.165) is 11.1 Å². The Labute approximate surface area is 182 Å². The number of rotatable bonds is 9. The van der Waals surface area contributed by atoms with Gasteiger partial charge in [-0.15, -0.1) is 0 Å². The van der Waals surface area contributed by atoms with E-state index in [1.54, 1.807) is 6.92 Å². The number of aliphatic carboxylic acids is 1. The molecule has 1 aliphatic rings. The second-order valence-corrected chi connectivity index (χ2v) is 7.99. The number of carbonyl (C=O) groups excluding carboxylic acids is 3. The standard InChI is InChI=1S/C22H32N4O5/c1-4-13(2)19(22(30)31)25-20(28)14(3)24-21(29)17-11-15-7-5-6-8-16(15)12-26(17)18(27)9-10-23/h5-8,13-14,17,19H,4,9-12,23H2,1-3H3,(H,24,29)(H,25,28)(H,30,31)/t13-,14-,17-,19-/m0/s1. The van der Waals surface area contributed by atoms with Crippen LogP contribution in [-0.2, 0) is 32.1 Å². The maximum Gasteiger partial charge on any atom is 0.326 e. The fourth-order valence-corrected chi connectivity index (χ4v) is 3.62. The number of nitrogens with two attached hydrogens (primary N) is 1. The molecule has 0 spiro atoms. The fourth-order valence-electron chi connectivity index (χ4n) is 3.62. The van der Waals surface area contributed by atoms with E-state index in [0.29, 0.717) is 19.4 Å². The second-order valence-electron chi connectivity index (χ2n) is 7.99. The van der Waals surface area contributed by atoms with Crippen molar-refractivity contribution in [1.82, 2.24) is 15.5 Å². The molecule has 0 saturated carbocycles. The highest BCUT2D eigenvalue weighted by molar-refractivity contribution is 5.93. The molecular formula is C22H32N4O5. The van der Waals surface area contributed by atoms with Crippen LogP contribution >= 0.6 is 0 Å². The first kappa shape index (κ1) is 24.3. The van der Waals surface area contributed by atoms with Gasteiger partial charge in [-0.2, -0.15) is 0 Å². The van der Waals surface area contributed by atoms with Crippen LogP contribution in [0.5, 0.6) is 0 Å². The third kappa shape index (κ3) is 6.04. The molecule has 3 amide bonds. The largest absolute Gasteiger partial charge is 0.480 e. The van der Waals surface area contributed by atoms with Crippen LogP contribution in [0.15, 0.2) is 24.3 Å². The van der Waals surface area contributed by atoms with Gasteiger partial charge in [-0.3, -0.25) is 14.4 Å². The summed E-state index contributed by atoms with van der Waals surface area (Å²) in [7, 11) is 0. The molecule has 1 aliphatic heterocycles. The Bertz CT molecular complexity index is 828. The van der Waals surface area contributed by atoms with Crippen LogP contribution in [-0.4, -0.2) is 58.4 Å². The Morgan fingerprint density at radius 1 is 1.16 bits per heavy atom. The Kier molecular flexibility index (Phi) is 8.56. The van der Waals surface area contributed by atoms with Crippen molar-refractivity contribution in [1.29, 1.82) is 0 Å². The number of fused-ring (bicyclic) bond motifs is 1. The summed E-state index contributed by atoms with van der Waals surface area (Å²) in [6.07, 6.45) is 1.03. The molecule has 0 bridgehead atoms. The first-order valence-corrected chi connectivity index (χ1v) is 10.6. The molecule has 0 radical (unpaired) electrons. The van der Waals surface area contributed by atoms with E-state index in [9.17, 15) is 24.3 Å². The van der Waals surface area contributed by atoms with Gasteiger partial charge in [-0.1, -0.05) is 44.5 Å². The van der Waals surface area contributed by atoms with Crippen molar-refractivity contribution in [3.05, 3.63) is 35.4 Å². The Balaban J connectivity index is 2.12. The molecule has 9 heteroatoms. The molecule has 0 aromatic heterocycles. The molecule has 5 N–H and O–H groups in total. The summed E-state index contributed by atoms with van der Waals surface area (Å²) in [6.45, 7) is 5.54. The summed E-state index contributed by atoms with van der Waals surface area (Å²) >= 11 is 0. The van der Waals surface area contributed by atoms with Crippen molar-refractivity contribution in [2.75, 3.05) is 6.54 Å². The predicted octanol–water partition coefficient (Wildman–Crippen LogP) is 0.409. The highest BCUT2D eigenvalue weighted by Crippen LogP contribution is 2.24. The van der Waals surface area contributed by atoms with Gasteiger partial charge in [0.25, 0.3) is 0 Å². The van der Waals surface area contributed by atoms with E-state index in [4.69, 9.17) is 5.73 Å². The van der Waals surface area contributed by atoms with E-state index in [1.807, 2.05) is 31.2 Å². The fraction of sp³-hybridized carbons (Fsp3) is 0.545. The maximum atomic E-state index is 13.0. The number of hydrogen-bond acceptors (Lipinski definition) is 5. The average molecular weight is 433 g/mol. The molecule has 0 unspecified atom stereocenters. The lowest BCUT2D eigenvalue weighted by molar-refractivity contribution is -0.144. The molecule has 1 aromatic rings. The van der Waals surface area contributed by atoms with Gasteiger partial charge in [0.15, 0.2) is 0 Å². The first-order chi connectivity index (χ1) is 14.7. The van der Waals surface area contributed by atoms with Crippen LogP contribution in [0.1, 0.15) is 44.7 Å². The molecule has 31 heavy (non-hydrogen) atoms. The number of nitrogens with one attached hydrogen (secondary N) is 2. The summed E-state index contributed by atoms with van der Waals surface area (Å²) in [5, 5.41) is 14.5. The third-order valence-corrected chi connectivity index (χ3v) is 5.76. The maximum absolute atomic E-state index is 13.0. The summed E-state index contributed by atoms with van der Waals surface area (Å²) in [6, 6.07) is 4.83. The minimum Gasteiger partial charge on any atom is -0.480 e. The number of carbonyl (C=O) groups is 4. The van der Waals surface area contributed by atoms with Crippen molar-refractivity contribution in [3.63, 3.8) is 0 Å². The summed E-state index contributed by atoms with van der Waals surface area (Å²) in [4.78, 5) is 51.1. The van der Waals surface area contributed by atoms with Crippen molar-refractivity contribution in [2.24, 2.45) is 11.7 Å². The lowest BCUT2D eigenvalue weighted by Crippen LogP contribution is -2.57. The molecular weight excluding hydrogens is 400 g/mol. The predicted molar refractivity (Wildman–Crippen MR) is 115 cm³/mol. The summed E-state index contributed by atoms with van der Waals surface area (Å²) in [5.74, 6) is -2.65.